The molecule has 5 rings (SSSR count). The molecule has 172 valence electrons. The first-order valence-electron chi connectivity index (χ1n) is 10.7. The van der Waals surface area contributed by atoms with Crippen LogP contribution in [0.1, 0.15) is 24.2 Å². The number of hydrogen-bond donors (Lipinski definition) is 2. The highest BCUT2D eigenvalue weighted by atomic mass is 19.1. The fourth-order valence-electron chi connectivity index (χ4n) is 4.50. The molecule has 0 aliphatic carbocycles. The van der Waals surface area contributed by atoms with Crippen molar-refractivity contribution in [2.75, 3.05) is 30.4 Å². The highest BCUT2D eigenvalue weighted by Crippen LogP contribution is 2.34. The molecule has 0 saturated carbocycles. The highest BCUT2D eigenvalue weighted by Gasteiger charge is 2.26. The lowest BCUT2D eigenvalue weighted by Crippen LogP contribution is -2.54. The van der Waals surface area contributed by atoms with Crippen LogP contribution in [0.5, 0.6) is 6.08 Å². The summed E-state index contributed by atoms with van der Waals surface area (Å²) < 4.78 is 27.0. The predicted octanol–water partition coefficient (Wildman–Crippen LogP) is 3.30. The van der Waals surface area contributed by atoms with Crippen LogP contribution in [0.3, 0.4) is 0 Å². The number of halogens is 1. The molecule has 0 spiro atoms. The van der Waals surface area contributed by atoms with Gasteiger partial charge in [0, 0.05) is 49.5 Å². The van der Waals surface area contributed by atoms with Crippen LogP contribution in [0.15, 0.2) is 34.9 Å². The van der Waals surface area contributed by atoms with E-state index in [0.29, 0.717) is 39.8 Å². The molecule has 1 amide bonds. The zero-order valence-corrected chi connectivity index (χ0v) is 18.8. The maximum absolute atomic E-state index is 14.5. The number of carbonyl (C=O) groups excluding carboxylic acids is 1. The van der Waals surface area contributed by atoms with E-state index in [1.807, 2.05) is 6.07 Å². The van der Waals surface area contributed by atoms with Crippen LogP contribution in [-0.4, -0.2) is 53.0 Å². The molecule has 10 heteroatoms. The fourth-order valence-corrected chi connectivity index (χ4v) is 4.50. The maximum Gasteiger partial charge on any atom is 0.394 e. The Morgan fingerprint density at radius 2 is 2.00 bits per heavy atom. The van der Waals surface area contributed by atoms with Crippen molar-refractivity contribution < 1.29 is 18.3 Å². The van der Waals surface area contributed by atoms with Gasteiger partial charge >= 0.3 is 6.08 Å². The number of nitrogens with one attached hydrogen (secondary N) is 2. The monoisotopic (exact) mass is 452 g/mol. The molecule has 3 heterocycles. The Hall–Kier alpha value is -3.66. The number of nitrogens with zero attached hydrogens (tertiary/aromatic N) is 4. The molecule has 1 aliphatic heterocycles. The molecule has 2 atom stereocenters. The van der Waals surface area contributed by atoms with Gasteiger partial charge in [0.2, 0.25) is 0 Å². The van der Waals surface area contributed by atoms with E-state index >= 15 is 0 Å². The van der Waals surface area contributed by atoms with Crippen LogP contribution in [0.25, 0.3) is 22.0 Å². The summed E-state index contributed by atoms with van der Waals surface area (Å²) in [5, 5.41) is 11.0. The first-order valence-corrected chi connectivity index (χ1v) is 10.7. The summed E-state index contributed by atoms with van der Waals surface area (Å²) in [6.45, 7) is 5.83. The SMILES string of the molecule is COc1nc2c(C(=O)Nc3cc(F)c4nn(C)cc4c3)ccc(N3CC(C)NC(C)C3)c2o1. The van der Waals surface area contributed by atoms with Gasteiger partial charge in [-0.3, -0.25) is 9.48 Å². The number of fused-ring (bicyclic) bond motifs is 2. The lowest BCUT2D eigenvalue weighted by atomic mass is 10.1. The van der Waals surface area contributed by atoms with Crippen molar-refractivity contribution in [1.82, 2.24) is 20.1 Å². The number of piperazine rings is 1. The average molecular weight is 452 g/mol. The topological polar surface area (TPSA) is 97.4 Å². The maximum atomic E-state index is 14.5. The first kappa shape index (κ1) is 21.2. The third-order valence-electron chi connectivity index (χ3n) is 5.76. The summed E-state index contributed by atoms with van der Waals surface area (Å²) in [6, 6.07) is 7.11. The third-order valence-corrected chi connectivity index (χ3v) is 5.76. The number of aromatic nitrogens is 3. The molecule has 2 aromatic carbocycles. The molecule has 33 heavy (non-hydrogen) atoms. The number of anilines is 2. The molecule has 1 saturated heterocycles. The molecule has 2 unspecified atom stereocenters. The second-order valence-electron chi connectivity index (χ2n) is 8.52. The zero-order chi connectivity index (χ0) is 23.3. The summed E-state index contributed by atoms with van der Waals surface area (Å²) in [6.07, 6.45) is 1.77. The van der Waals surface area contributed by atoms with Crippen LogP contribution < -0.4 is 20.3 Å². The van der Waals surface area contributed by atoms with Gasteiger partial charge in [-0.2, -0.15) is 10.1 Å². The summed E-state index contributed by atoms with van der Waals surface area (Å²) in [5.74, 6) is -0.930. The summed E-state index contributed by atoms with van der Waals surface area (Å²) in [4.78, 5) is 19.8. The van der Waals surface area contributed by atoms with Gasteiger partial charge in [-0.1, -0.05) is 0 Å². The number of rotatable bonds is 4. The van der Waals surface area contributed by atoms with Crippen molar-refractivity contribution in [2.45, 2.75) is 25.9 Å². The van der Waals surface area contributed by atoms with Crippen molar-refractivity contribution in [1.29, 1.82) is 0 Å². The molecule has 0 bridgehead atoms. The van der Waals surface area contributed by atoms with Crippen molar-refractivity contribution in [2.24, 2.45) is 7.05 Å². The molecular formula is C23H25FN6O3. The van der Waals surface area contributed by atoms with Crippen LogP contribution in [0, 0.1) is 5.82 Å². The van der Waals surface area contributed by atoms with Gasteiger partial charge in [-0.25, -0.2) is 4.39 Å². The first-order chi connectivity index (χ1) is 15.8. The van der Waals surface area contributed by atoms with Crippen LogP contribution in [-0.2, 0) is 7.05 Å². The van der Waals surface area contributed by atoms with E-state index in [0.717, 1.165) is 18.8 Å². The number of ether oxygens (including phenoxy) is 1. The van der Waals surface area contributed by atoms with Gasteiger partial charge < -0.3 is 24.7 Å². The number of oxazole rings is 1. The van der Waals surface area contributed by atoms with Crippen LogP contribution in [0.2, 0.25) is 0 Å². The lowest BCUT2D eigenvalue weighted by molar-refractivity contribution is 0.102. The highest BCUT2D eigenvalue weighted by molar-refractivity contribution is 6.13. The Morgan fingerprint density at radius 1 is 1.24 bits per heavy atom. The number of aryl methyl sites for hydroxylation is 1. The van der Waals surface area contributed by atoms with Crippen molar-refractivity contribution in [3.8, 4) is 6.08 Å². The van der Waals surface area contributed by atoms with Gasteiger partial charge in [0.05, 0.1) is 18.4 Å². The number of carbonyl (C=O) groups is 1. The van der Waals surface area contributed by atoms with E-state index in [4.69, 9.17) is 9.15 Å². The van der Waals surface area contributed by atoms with Gasteiger partial charge in [-0.15, -0.1) is 0 Å². The van der Waals surface area contributed by atoms with Crippen molar-refractivity contribution in [3.05, 3.63) is 41.8 Å². The van der Waals surface area contributed by atoms with E-state index < -0.39 is 11.7 Å². The third kappa shape index (κ3) is 3.86. The van der Waals surface area contributed by atoms with E-state index in [9.17, 15) is 9.18 Å². The quantitative estimate of drug-likeness (QED) is 0.490. The number of methoxy groups -OCH3 is 1. The Bertz CT molecular complexity index is 1350. The summed E-state index contributed by atoms with van der Waals surface area (Å²) in [7, 11) is 3.18. The molecule has 9 nitrogen and oxygen atoms in total. The Balaban J connectivity index is 1.52. The second kappa shape index (κ2) is 8.04. The number of benzene rings is 2. The average Bonchev–Trinajstić information content (AvgIpc) is 3.35. The normalized spacial score (nSPS) is 18.8. The fraction of sp³-hybridized carbons (Fsp3) is 0.348. The minimum absolute atomic E-state index is 0.0746. The number of hydrogen-bond acceptors (Lipinski definition) is 7. The molecule has 0 radical (unpaired) electrons. The Labute approximate surface area is 189 Å². The summed E-state index contributed by atoms with van der Waals surface area (Å²) >= 11 is 0. The van der Waals surface area contributed by atoms with Gasteiger partial charge in [-0.05, 0) is 38.1 Å². The van der Waals surface area contributed by atoms with E-state index in [-0.39, 0.29) is 11.6 Å². The Morgan fingerprint density at radius 3 is 2.73 bits per heavy atom. The van der Waals surface area contributed by atoms with Crippen molar-refractivity contribution >= 4 is 39.3 Å². The smallest absolute Gasteiger partial charge is 0.394 e. The minimum Gasteiger partial charge on any atom is -0.453 e. The van der Waals surface area contributed by atoms with Crippen LogP contribution >= 0.6 is 0 Å². The molecule has 2 aromatic heterocycles. The van der Waals surface area contributed by atoms with Gasteiger partial charge in [0.15, 0.2) is 11.4 Å². The van der Waals surface area contributed by atoms with Crippen molar-refractivity contribution in [3.63, 3.8) is 0 Å². The second-order valence-corrected chi connectivity index (χ2v) is 8.52. The van der Waals surface area contributed by atoms with Crippen LogP contribution in [0.4, 0.5) is 15.8 Å². The molecule has 1 fully saturated rings. The molecule has 1 aliphatic rings. The van der Waals surface area contributed by atoms with Gasteiger partial charge in [0.1, 0.15) is 11.0 Å². The Kier molecular flexibility index (Phi) is 5.16. The molecule has 4 aromatic rings. The zero-order valence-electron chi connectivity index (χ0n) is 18.8. The minimum atomic E-state index is -0.506. The standard InChI is InChI=1S/C23H25FN6O3/c1-12-9-30(10-13(2)25-12)18-6-5-16(20-21(18)33-23(27-20)32-4)22(31)26-15-7-14-11-29(3)28-19(14)17(24)8-15/h5-8,11-13,25H,9-10H2,1-4H3,(H,26,31). The lowest BCUT2D eigenvalue weighted by Gasteiger charge is -2.37. The van der Waals surface area contributed by atoms with E-state index in [1.165, 1.54) is 17.9 Å². The molecular weight excluding hydrogens is 427 g/mol. The number of amides is 1. The largest absolute Gasteiger partial charge is 0.453 e. The summed E-state index contributed by atoms with van der Waals surface area (Å²) in [5.41, 5.74) is 2.61. The predicted molar refractivity (Wildman–Crippen MR) is 123 cm³/mol. The molecule has 2 N–H and O–H groups in total. The van der Waals surface area contributed by atoms with E-state index in [2.05, 4.69) is 39.5 Å². The van der Waals surface area contributed by atoms with E-state index in [1.54, 1.807) is 25.4 Å². The van der Waals surface area contributed by atoms with Gasteiger partial charge in [0.25, 0.3) is 5.91 Å².